The molecule has 0 bridgehead atoms. The topological polar surface area (TPSA) is 62.8 Å². The number of ether oxygens (including phenoxy) is 2. The Hall–Kier alpha value is -2.25. The quantitative estimate of drug-likeness (QED) is 0.504. The largest absolute Gasteiger partial charge is 0.493 e. The van der Waals surface area contributed by atoms with Crippen LogP contribution in [0.2, 0.25) is 0 Å². The Labute approximate surface area is 188 Å². The van der Waals surface area contributed by atoms with Crippen molar-refractivity contribution < 1.29 is 14.3 Å². The van der Waals surface area contributed by atoms with Crippen LogP contribution in [0.1, 0.15) is 30.5 Å². The average Bonchev–Trinajstić information content (AvgIpc) is 2.77. The zero-order chi connectivity index (χ0) is 21.9. The van der Waals surface area contributed by atoms with Crippen molar-refractivity contribution in [2.45, 2.75) is 33.4 Å². The maximum atomic E-state index is 12.3. The number of hydrogen-bond donors (Lipinski definition) is 2. The summed E-state index contributed by atoms with van der Waals surface area (Å²) in [7, 11) is 3.22. The monoisotopic (exact) mass is 477 g/mol. The Morgan fingerprint density at radius 1 is 0.967 bits per heavy atom. The molecule has 0 radical (unpaired) electrons. The molecular weight excluding hydrogens is 446 g/mol. The van der Waals surface area contributed by atoms with Crippen molar-refractivity contribution in [3.63, 3.8) is 0 Å². The van der Waals surface area contributed by atoms with Gasteiger partial charge in [0.05, 0.1) is 14.2 Å². The van der Waals surface area contributed by atoms with E-state index in [1.165, 1.54) is 5.56 Å². The van der Waals surface area contributed by atoms with Crippen LogP contribution in [0.3, 0.4) is 0 Å². The molecule has 0 saturated carbocycles. The highest BCUT2D eigenvalue weighted by Gasteiger charge is 2.11. The number of rotatable bonds is 11. The Morgan fingerprint density at radius 2 is 1.60 bits per heavy atom. The molecule has 2 N–H and O–H groups in total. The van der Waals surface area contributed by atoms with Crippen LogP contribution in [0.4, 0.5) is 4.79 Å². The molecule has 0 unspecified atom stereocenters. The van der Waals surface area contributed by atoms with E-state index in [4.69, 9.17) is 9.47 Å². The van der Waals surface area contributed by atoms with Crippen molar-refractivity contribution in [1.82, 2.24) is 15.5 Å². The highest BCUT2D eigenvalue weighted by Crippen LogP contribution is 2.33. The van der Waals surface area contributed by atoms with E-state index in [9.17, 15) is 4.79 Å². The second-order valence-electron chi connectivity index (χ2n) is 6.89. The van der Waals surface area contributed by atoms with Gasteiger partial charge in [0, 0.05) is 24.1 Å². The van der Waals surface area contributed by atoms with Crippen LogP contribution in [0, 0.1) is 0 Å². The van der Waals surface area contributed by atoms with Crippen molar-refractivity contribution >= 4 is 22.0 Å². The van der Waals surface area contributed by atoms with E-state index in [2.05, 4.69) is 57.4 Å². The first-order valence-electron chi connectivity index (χ1n) is 10.2. The number of carbonyl (C=O) groups excluding carboxylic acids is 1. The number of halogens is 1. The third kappa shape index (κ3) is 6.92. The Kier molecular flexibility index (Phi) is 9.97. The van der Waals surface area contributed by atoms with Crippen molar-refractivity contribution in [2.75, 3.05) is 33.9 Å². The molecule has 0 spiro atoms. The predicted octanol–water partition coefficient (Wildman–Crippen LogP) is 4.35. The number of amides is 2. The Bertz CT molecular complexity index is 825. The van der Waals surface area contributed by atoms with Crippen LogP contribution in [0.15, 0.2) is 40.9 Å². The molecule has 0 aliphatic rings. The minimum absolute atomic E-state index is 0.177. The molecule has 2 amide bonds. The van der Waals surface area contributed by atoms with Crippen LogP contribution >= 0.6 is 15.9 Å². The number of urea groups is 1. The molecule has 0 aliphatic heterocycles. The molecule has 2 aromatic rings. The van der Waals surface area contributed by atoms with Crippen LogP contribution in [-0.4, -0.2) is 44.8 Å². The normalized spacial score (nSPS) is 10.7. The molecule has 0 aliphatic carbocycles. The summed E-state index contributed by atoms with van der Waals surface area (Å²) in [5.41, 5.74) is 3.43. The lowest BCUT2D eigenvalue weighted by atomic mass is 10.1. The lowest BCUT2D eigenvalue weighted by molar-refractivity contribution is 0.240. The van der Waals surface area contributed by atoms with Gasteiger partial charge in [0.1, 0.15) is 0 Å². The van der Waals surface area contributed by atoms with Gasteiger partial charge in [-0.25, -0.2) is 4.79 Å². The van der Waals surface area contributed by atoms with E-state index < -0.39 is 0 Å². The van der Waals surface area contributed by atoms with Crippen molar-refractivity contribution in [2.24, 2.45) is 0 Å². The third-order valence-electron chi connectivity index (χ3n) is 5.08. The van der Waals surface area contributed by atoms with Crippen LogP contribution in [0.5, 0.6) is 11.5 Å². The number of benzene rings is 2. The van der Waals surface area contributed by atoms with Crippen LogP contribution in [-0.2, 0) is 19.5 Å². The molecule has 0 saturated heterocycles. The summed E-state index contributed by atoms with van der Waals surface area (Å²) in [5.74, 6) is 1.34. The molecule has 7 heteroatoms. The van der Waals surface area contributed by atoms with Gasteiger partial charge in [-0.15, -0.1) is 0 Å². The highest BCUT2D eigenvalue weighted by molar-refractivity contribution is 9.10. The number of nitrogens with one attached hydrogen (secondary N) is 2. The van der Waals surface area contributed by atoms with Crippen molar-refractivity contribution in [1.29, 1.82) is 0 Å². The SMILES string of the molecule is CCN(CC)Cc1ccccc1CNC(=O)NCCc1cc(OC)c(OC)cc1Br. The zero-order valence-electron chi connectivity index (χ0n) is 18.3. The summed E-state index contributed by atoms with van der Waals surface area (Å²) in [6.07, 6.45) is 0.674. The summed E-state index contributed by atoms with van der Waals surface area (Å²) in [6.45, 7) is 8.24. The fraction of sp³-hybridized carbons (Fsp3) is 0.435. The molecule has 6 nitrogen and oxygen atoms in total. The van der Waals surface area contributed by atoms with E-state index in [0.717, 1.165) is 35.2 Å². The minimum atomic E-state index is -0.177. The lowest BCUT2D eigenvalue weighted by Gasteiger charge is -2.20. The van der Waals surface area contributed by atoms with E-state index in [0.29, 0.717) is 31.0 Å². The van der Waals surface area contributed by atoms with Crippen LogP contribution < -0.4 is 20.1 Å². The number of hydrogen-bond acceptors (Lipinski definition) is 4. The van der Waals surface area contributed by atoms with E-state index >= 15 is 0 Å². The van der Waals surface area contributed by atoms with Crippen molar-refractivity contribution in [3.05, 3.63) is 57.6 Å². The Balaban J connectivity index is 1.87. The molecular formula is C23H32BrN3O3. The summed E-state index contributed by atoms with van der Waals surface area (Å²) in [5, 5.41) is 5.89. The molecule has 0 aromatic heterocycles. The molecule has 30 heavy (non-hydrogen) atoms. The van der Waals surface area contributed by atoms with Crippen molar-refractivity contribution in [3.8, 4) is 11.5 Å². The standard InChI is InChI=1S/C23H32BrN3O3/c1-5-27(6-2)16-19-10-8-7-9-18(19)15-26-23(28)25-12-11-17-13-21(29-3)22(30-4)14-20(17)24/h7-10,13-14H,5-6,11-12,15-16H2,1-4H3,(H2,25,26,28). The molecule has 164 valence electrons. The third-order valence-corrected chi connectivity index (χ3v) is 5.82. The van der Waals surface area contributed by atoms with E-state index in [1.807, 2.05) is 24.3 Å². The van der Waals surface area contributed by atoms with E-state index in [-0.39, 0.29) is 6.03 Å². The van der Waals surface area contributed by atoms with Gasteiger partial charge in [-0.3, -0.25) is 4.90 Å². The highest BCUT2D eigenvalue weighted by atomic mass is 79.9. The second-order valence-corrected chi connectivity index (χ2v) is 7.74. The zero-order valence-corrected chi connectivity index (χ0v) is 19.8. The van der Waals surface area contributed by atoms with Gasteiger partial charge in [0.15, 0.2) is 11.5 Å². The molecule has 0 fully saturated rings. The maximum absolute atomic E-state index is 12.3. The summed E-state index contributed by atoms with van der Waals surface area (Å²) in [4.78, 5) is 14.6. The minimum Gasteiger partial charge on any atom is -0.493 e. The first-order chi connectivity index (χ1) is 14.5. The number of nitrogens with zero attached hydrogens (tertiary/aromatic N) is 1. The summed E-state index contributed by atoms with van der Waals surface area (Å²) < 4.78 is 11.6. The fourth-order valence-corrected chi connectivity index (χ4v) is 3.73. The Morgan fingerprint density at radius 3 is 2.23 bits per heavy atom. The smallest absolute Gasteiger partial charge is 0.315 e. The molecule has 0 atom stereocenters. The average molecular weight is 478 g/mol. The summed E-state index contributed by atoms with van der Waals surface area (Å²) >= 11 is 3.55. The second kappa shape index (κ2) is 12.4. The van der Waals surface area contributed by atoms with Gasteiger partial charge in [-0.05, 0) is 48.3 Å². The first-order valence-corrected chi connectivity index (χ1v) is 11.0. The number of carbonyl (C=O) groups is 1. The molecule has 2 rings (SSSR count). The number of methoxy groups -OCH3 is 2. The lowest BCUT2D eigenvalue weighted by Crippen LogP contribution is -2.36. The van der Waals surface area contributed by atoms with E-state index in [1.54, 1.807) is 14.2 Å². The van der Waals surface area contributed by atoms with Gasteiger partial charge in [-0.2, -0.15) is 0 Å². The molecule has 2 aromatic carbocycles. The first kappa shape index (κ1) is 24.0. The predicted molar refractivity (Wildman–Crippen MR) is 124 cm³/mol. The maximum Gasteiger partial charge on any atom is 0.315 e. The van der Waals surface area contributed by atoms with Gasteiger partial charge < -0.3 is 20.1 Å². The van der Waals surface area contributed by atoms with Gasteiger partial charge in [0.2, 0.25) is 0 Å². The van der Waals surface area contributed by atoms with Crippen LogP contribution in [0.25, 0.3) is 0 Å². The fourth-order valence-electron chi connectivity index (χ4n) is 3.21. The molecule has 0 heterocycles. The summed E-state index contributed by atoms with van der Waals surface area (Å²) in [6, 6.07) is 11.9. The van der Waals surface area contributed by atoms with Gasteiger partial charge in [-0.1, -0.05) is 54.0 Å². The van der Waals surface area contributed by atoms with Gasteiger partial charge in [0.25, 0.3) is 0 Å². The van der Waals surface area contributed by atoms with Gasteiger partial charge >= 0.3 is 6.03 Å².